The van der Waals surface area contributed by atoms with Crippen LogP contribution in [0, 0.1) is 6.92 Å². The van der Waals surface area contributed by atoms with E-state index in [0.29, 0.717) is 16.9 Å². The number of ether oxygens (including phenoxy) is 3. The Bertz CT molecular complexity index is 1140. The number of aryl methyl sites for hydroxylation is 1. The van der Waals surface area contributed by atoms with Crippen LogP contribution < -0.4 is 10.4 Å². The minimum absolute atomic E-state index is 0.0558. The highest BCUT2D eigenvalue weighted by Gasteiger charge is 2.05. The topological polar surface area (TPSA) is 92.0 Å². The van der Waals surface area contributed by atoms with Crippen LogP contribution in [0.1, 0.15) is 21.5 Å². The van der Waals surface area contributed by atoms with E-state index in [2.05, 4.69) is 4.74 Å². The molecule has 3 aromatic rings. The summed E-state index contributed by atoms with van der Waals surface area (Å²) in [6, 6.07) is 13.2. The summed E-state index contributed by atoms with van der Waals surface area (Å²) in [7, 11) is 1.31. The van der Waals surface area contributed by atoms with Gasteiger partial charge in [-0.1, -0.05) is 12.1 Å². The molecule has 0 amide bonds. The number of methoxy groups -OCH3 is 1. The van der Waals surface area contributed by atoms with Crippen LogP contribution in [0.15, 0.2) is 63.8 Å². The van der Waals surface area contributed by atoms with Crippen LogP contribution in [-0.4, -0.2) is 32.3 Å². The molecule has 2 aromatic carbocycles. The third kappa shape index (κ3) is 5.35. The second-order valence-electron chi connectivity index (χ2n) is 6.37. The molecule has 0 N–H and O–H groups in total. The Kier molecular flexibility index (Phi) is 6.64. The van der Waals surface area contributed by atoms with Crippen molar-refractivity contribution in [3.8, 4) is 5.75 Å². The second-order valence-corrected chi connectivity index (χ2v) is 6.37. The van der Waals surface area contributed by atoms with Crippen molar-refractivity contribution in [2.45, 2.75) is 6.92 Å². The third-order valence-corrected chi connectivity index (χ3v) is 4.26. The summed E-state index contributed by atoms with van der Waals surface area (Å²) < 4.78 is 20.4. The molecule has 154 valence electrons. The fourth-order valence-corrected chi connectivity index (χ4v) is 2.76. The Hall–Kier alpha value is -3.87. The highest BCUT2D eigenvalue weighted by atomic mass is 16.6. The van der Waals surface area contributed by atoms with Gasteiger partial charge in [-0.05, 0) is 48.4 Å². The smallest absolute Gasteiger partial charge is 0.337 e. The lowest BCUT2D eigenvalue weighted by atomic mass is 10.1. The number of fused-ring (bicyclic) bond motifs is 1. The summed E-state index contributed by atoms with van der Waals surface area (Å²) in [4.78, 5) is 34.7. The lowest BCUT2D eigenvalue weighted by molar-refractivity contribution is -0.138. The fourth-order valence-electron chi connectivity index (χ4n) is 2.76. The summed E-state index contributed by atoms with van der Waals surface area (Å²) in [5.41, 5.74) is 2.02. The summed E-state index contributed by atoms with van der Waals surface area (Å²) >= 11 is 0. The van der Waals surface area contributed by atoms with Gasteiger partial charge in [-0.15, -0.1) is 0 Å². The van der Waals surface area contributed by atoms with Gasteiger partial charge in [0.2, 0.25) is 0 Å². The van der Waals surface area contributed by atoms with Gasteiger partial charge in [-0.2, -0.15) is 0 Å². The van der Waals surface area contributed by atoms with Gasteiger partial charge in [0.05, 0.1) is 12.7 Å². The molecule has 0 saturated heterocycles. The van der Waals surface area contributed by atoms with Crippen LogP contribution in [0.3, 0.4) is 0 Å². The zero-order valence-electron chi connectivity index (χ0n) is 16.5. The van der Waals surface area contributed by atoms with E-state index >= 15 is 0 Å². The van der Waals surface area contributed by atoms with E-state index in [1.54, 1.807) is 42.5 Å². The number of rotatable bonds is 7. The first-order chi connectivity index (χ1) is 14.5. The van der Waals surface area contributed by atoms with E-state index in [4.69, 9.17) is 13.9 Å². The van der Waals surface area contributed by atoms with E-state index in [0.717, 1.165) is 16.5 Å². The van der Waals surface area contributed by atoms with Crippen LogP contribution in [-0.2, 0) is 14.3 Å². The molecule has 0 aliphatic carbocycles. The molecule has 0 aliphatic heterocycles. The lowest BCUT2D eigenvalue weighted by Gasteiger charge is -2.07. The standard InChI is InChI=1S/C23H20O7/c1-15-13-22(25)30-20-14-18(8-9-19(15)20)28-11-12-29-21(24)10-5-16-3-6-17(7-4-16)23(26)27-2/h3-10,13-14H,11-12H2,1-2H3/b10-5+. The molecule has 1 aromatic heterocycles. The maximum Gasteiger partial charge on any atom is 0.337 e. The summed E-state index contributed by atoms with van der Waals surface area (Å²) in [6.07, 6.45) is 2.87. The van der Waals surface area contributed by atoms with Crippen molar-refractivity contribution >= 4 is 29.0 Å². The maximum absolute atomic E-state index is 11.8. The number of benzene rings is 2. The van der Waals surface area contributed by atoms with Crippen molar-refractivity contribution in [1.29, 1.82) is 0 Å². The van der Waals surface area contributed by atoms with Gasteiger partial charge in [0.25, 0.3) is 0 Å². The zero-order valence-corrected chi connectivity index (χ0v) is 16.5. The highest BCUT2D eigenvalue weighted by Crippen LogP contribution is 2.22. The molecular formula is C23H20O7. The number of esters is 2. The molecule has 0 spiro atoms. The predicted octanol–water partition coefficient (Wildman–Crippen LogP) is 3.52. The fraction of sp³-hybridized carbons (Fsp3) is 0.174. The Balaban J connectivity index is 1.47. The summed E-state index contributed by atoms with van der Waals surface area (Å²) in [5.74, 6) is -0.432. The minimum atomic E-state index is -0.518. The Morgan fingerprint density at radius 1 is 1.03 bits per heavy atom. The molecule has 0 radical (unpaired) electrons. The molecule has 30 heavy (non-hydrogen) atoms. The quantitative estimate of drug-likeness (QED) is 0.256. The molecule has 0 fully saturated rings. The van der Waals surface area contributed by atoms with E-state index < -0.39 is 17.6 Å². The van der Waals surface area contributed by atoms with Gasteiger partial charge in [0.15, 0.2) is 0 Å². The largest absolute Gasteiger partial charge is 0.490 e. The molecule has 0 atom stereocenters. The highest BCUT2D eigenvalue weighted by molar-refractivity contribution is 5.90. The molecule has 0 bridgehead atoms. The Morgan fingerprint density at radius 3 is 2.53 bits per heavy atom. The van der Waals surface area contributed by atoms with Crippen molar-refractivity contribution < 1.29 is 28.2 Å². The molecule has 0 unspecified atom stereocenters. The summed E-state index contributed by atoms with van der Waals surface area (Å²) in [5, 5.41) is 0.832. The van der Waals surface area contributed by atoms with E-state index in [-0.39, 0.29) is 13.2 Å². The zero-order chi connectivity index (χ0) is 21.5. The van der Waals surface area contributed by atoms with Crippen LogP contribution in [0.2, 0.25) is 0 Å². The first-order valence-corrected chi connectivity index (χ1v) is 9.17. The van der Waals surface area contributed by atoms with Crippen LogP contribution in [0.25, 0.3) is 17.0 Å². The van der Waals surface area contributed by atoms with Crippen molar-refractivity contribution in [3.05, 3.63) is 81.7 Å². The van der Waals surface area contributed by atoms with E-state index in [9.17, 15) is 14.4 Å². The van der Waals surface area contributed by atoms with Crippen molar-refractivity contribution in [2.75, 3.05) is 20.3 Å². The van der Waals surface area contributed by atoms with E-state index in [1.165, 1.54) is 19.3 Å². The van der Waals surface area contributed by atoms with Crippen LogP contribution >= 0.6 is 0 Å². The second kappa shape index (κ2) is 9.56. The average molecular weight is 408 g/mol. The van der Waals surface area contributed by atoms with E-state index in [1.807, 2.05) is 13.0 Å². The van der Waals surface area contributed by atoms with Gasteiger partial charge >= 0.3 is 17.6 Å². The van der Waals surface area contributed by atoms with Gasteiger partial charge in [0, 0.05) is 23.6 Å². The average Bonchev–Trinajstić information content (AvgIpc) is 2.74. The first-order valence-electron chi connectivity index (χ1n) is 9.17. The van der Waals surface area contributed by atoms with Crippen LogP contribution in [0.5, 0.6) is 5.75 Å². The monoisotopic (exact) mass is 408 g/mol. The number of carbonyl (C=O) groups is 2. The van der Waals surface area contributed by atoms with Gasteiger partial charge in [0.1, 0.15) is 24.5 Å². The molecule has 0 saturated carbocycles. The van der Waals surface area contributed by atoms with Crippen molar-refractivity contribution in [1.82, 2.24) is 0 Å². The molecule has 0 aliphatic rings. The SMILES string of the molecule is COC(=O)c1ccc(/C=C/C(=O)OCCOc2ccc3c(C)cc(=O)oc3c2)cc1. The number of hydrogen-bond acceptors (Lipinski definition) is 7. The number of carbonyl (C=O) groups excluding carboxylic acids is 2. The summed E-state index contributed by atoms with van der Waals surface area (Å²) in [6.45, 7) is 2.04. The molecule has 7 heteroatoms. The van der Waals surface area contributed by atoms with Crippen LogP contribution in [0.4, 0.5) is 0 Å². The van der Waals surface area contributed by atoms with Gasteiger partial charge in [-0.25, -0.2) is 14.4 Å². The third-order valence-electron chi connectivity index (χ3n) is 4.26. The molecule has 7 nitrogen and oxygen atoms in total. The predicted molar refractivity (Wildman–Crippen MR) is 110 cm³/mol. The molecular weight excluding hydrogens is 388 g/mol. The van der Waals surface area contributed by atoms with Crippen molar-refractivity contribution in [2.24, 2.45) is 0 Å². The Labute approximate surface area is 172 Å². The minimum Gasteiger partial charge on any atom is -0.490 e. The molecule has 1 heterocycles. The molecule has 3 rings (SSSR count). The first kappa shape index (κ1) is 20.9. The van der Waals surface area contributed by atoms with Crippen molar-refractivity contribution in [3.63, 3.8) is 0 Å². The van der Waals surface area contributed by atoms with Gasteiger partial charge < -0.3 is 18.6 Å². The Morgan fingerprint density at radius 2 is 1.80 bits per heavy atom. The number of hydrogen-bond donors (Lipinski definition) is 0. The maximum atomic E-state index is 11.8. The lowest BCUT2D eigenvalue weighted by Crippen LogP contribution is -2.10. The normalized spacial score (nSPS) is 10.9. The van der Waals surface area contributed by atoms with Gasteiger partial charge in [-0.3, -0.25) is 0 Å².